The van der Waals surface area contributed by atoms with Crippen molar-refractivity contribution in [3.05, 3.63) is 24.3 Å². The van der Waals surface area contributed by atoms with E-state index in [-0.39, 0.29) is 22.0 Å². The highest BCUT2D eigenvalue weighted by molar-refractivity contribution is 8.00. The lowest BCUT2D eigenvalue weighted by molar-refractivity contribution is -0.122. The van der Waals surface area contributed by atoms with Crippen molar-refractivity contribution in [2.24, 2.45) is 16.7 Å². The van der Waals surface area contributed by atoms with Gasteiger partial charge in [-0.15, -0.1) is 0 Å². The van der Waals surface area contributed by atoms with Gasteiger partial charge in [-0.2, -0.15) is 0 Å². The van der Waals surface area contributed by atoms with Crippen molar-refractivity contribution in [2.45, 2.75) is 44.1 Å². The van der Waals surface area contributed by atoms with E-state index < -0.39 is 0 Å². The van der Waals surface area contributed by atoms with E-state index in [1.54, 1.807) is 0 Å². The van der Waals surface area contributed by atoms with Crippen LogP contribution in [0.4, 0.5) is 0 Å². The molecule has 2 bridgehead atoms. The van der Waals surface area contributed by atoms with Crippen molar-refractivity contribution >= 4 is 28.6 Å². The molecule has 0 unspecified atom stereocenters. The molecule has 1 aromatic carbocycles. The maximum absolute atomic E-state index is 12.7. The fourth-order valence-corrected chi connectivity index (χ4v) is 5.63. The number of thioether (sulfide) groups is 1. The maximum atomic E-state index is 12.7. The van der Waals surface area contributed by atoms with Crippen molar-refractivity contribution in [3.63, 3.8) is 0 Å². The van der Waals surface area contributed by atoms with Crippen LogP contribution in [-0.4, -0.2) is 16.0 Å². The SMILES string of the molecule is CC1(C)[C@H]2CC[C@]1(C)[C@H](Sc1nc3ccccc3o1)C2=O. The highest BCUT2D eigenvalue weighted by Gasteiger charge is 2.66. The van der Waals surface area contributed by atoms with Gasteiger partial charge in [-0.25, -0.2) is 4.98 Å². The number of carbonyl (C=O) groups excluding carboxylic acids is 1. The molecule has 110 valence electrons. The Labute approximate surface area is 128 Å². The normalized spacial score (nSPS) is 34.0. The number of oxazole rings is 1. The maximum Gasteiger partial charge on any atom is 0.257 e. The Hall–Kier alpha value is -1.29. The number of fused-ring (bicyclic) bond motifs is 3. The second-order valence-electron chi connectivity index (χ2n) is 7.08. The molecule has 0 radical (unpaired) electrons. The molecule has 0 amide bonds. The molecular formula is C17H19NO2S. The Morgan fingerprint density at radius 1 is 1.29 bits per heavy atom. The average molecular weight is 301 g/mol. The third-order valence-corrected chi connectivity index (χ3v) is 7.33. The van der Waals surface area contributed by atoms with Gasteiger partial charge >= 0.3 is 0 Å². The molecule has 0 N–H and O–H groups in total. The van der Waals surface area contributed by atoms with Crippen LogP contribution < -0.4 is 0 Å². The first-order chi connectivity index (χ1) is 9.93. The highest BCUT2D eigenvalue weighted by Crippen LogP contribution is 2.67. The zero-order chi connectivity index (χ0) is 14.8. The molecule has 0 aliphatic heterocycles. The molecule has 2 aliphatic carbocycles. The van der Waals surface area contributed by atoms with Gasteiger partial charge in [0.2, 0.25) is 0 Å². The van der Waals surface area contributed by atoms with E-state index in [0.29, 0.717) is 11.0 Å². The van der Waals surface area contributed by atoms with Crippen molar-refractivity contribution in [1.82, 2.24) is 4.98 Å². The lowest BCUT2D eigenvalue weighted by Crippen LogP contribution is -2.35. The Bertz CT molecular complexity index is 702. The smallest absolute Gasteiger partial charge is 0.257 e. The van der Waals surface area contributed by atoms with Crippen LogP contribution in [0, 0.1) is 16.7 Å². The predicted molar refractivity (Wildman–Crippen MR) is 83.3 cm³/mol. The number of Topliss-reactive ketones (excluding diaryl/α,β-unsaturated/α-hetero) is 1. The van der Waals surface area contributed by atoms with Crippen molar-refractivity contribution < 1.29 is 9.21 Å². The van der Waals surface area contributed by atoms with Gasteiger partial charge < -0.3 is 4.42 Å². The fourth-order valence-electron chi connectivity index (χ4n) is 4.18. The minimum absolute atomic E-state index is 0.0284. The Kier molecular flexibility index (Phi) is 2.63. The zero-order valence-corrected chi connectivity index (χ0v) is 13.4. The molecule has 2 saturated carbocycles. The number of aromatic nitrogens is 1. The van der Waals surface area contributed by atoms with Crippen LogP contribution in [0.15, 0.2) is 33.9 Å². The zero-order valence-electron chi connectivity index (χ0n) is 12.6. The van der Waals surface area contributed by atoms with Crippen LogP contribution in [0.5, 0.6) is 0 Å². The van der Waals surface area contributed by atoms with Gasteiger partial charge in [0.25, 0.3) is 5.22 Å². The van der Waals surface area contributed by atoms with Gasteiger partial charge in [-0.3, -0.25) is 4.79 Å². The van der Waals surface area contributed by atoms with Crippen molar-refractivity contribution in [3.8, 4) is 0 Å². The van der Waals surface area contributed by atoms with E-state index in [1.165, 1.54) is 11.8 Å². The lowest BCUT2D eigenvalue weighted by Gasteiger charge is -2.37. The van der Waals surface area contributed by atoms with Crippen LogP contribution >= 0.6 is 11.8 Å². The number of rotatable bonds is 2. The molecule has 21 heavy (non-hydrogen) atoms. The van der Waals surface area contributed by atoms with E-state index in [1.807, 2.05) is 24.3 Å². The first-order valence-electron chi connectivity index (χ1n) is 7.49. The molecule has 2 aliphatic rings. The number of hydrogen-bond donors (Lipinski definition) is 0. The standard InChI is InChI=1S/C17H19NO2S/c1-16(2)10-8-9-17(16,3)14(13(10)19)21-15-18-11-6-4-5-7-12(11)20-15/h4-7,10,14H,8-9H2,1-3H3/t10-,14+,17+/m0/s1. The average Bonchev–Trinajstić information content (AvgIpc) is 2.98. The molecule has 3 nitrogen and oxygen atoms in total. The summed E-state index contributed by atoms with van der Waals surface area (Å²) in [5.74, 6) is 0.588. The summed E-state index contributed by atoms with van der Waals surface area (Å²) in [6.45, 7) is 6.75. The van der Waals surface area contributed by atoms with Gasteiger partial charge in [0.15, 0.2) is 11.4 Å². The van der Waals surface area contributed by atoms with Gasteiger partial charge in [0.1, 0.15) is 5.52 Å². The number of benzene rings is 1. The summed E-state index contributed by atoms with van der Waals surface area (Å²) >= 11 is 1.52. The monoisotopic (exact) mass is 301 g/mol. The molecule has 4 rings (SSSR count). The summed E-state index contributed by atoms with van der Waals surface area (Å²) in [6, 6.07) is 7.75. The molecule has 1 heterocycles. The number of carbonyl (C=O) groups is 1. The van der Waals surface area contributed by atoms with E-state index in [9.17, 15) is 4.79 Å². The van der Waals surface area contributed by atoms with Gasteiger partial charge in [-0.05, 0) is 35.8 Å². The van der Waals surface area contributed by atoms with Crippen molar-refractivity contribution in [2.75, 3.05) is 0 Å². The van der Waals surface area contributed by atoms with Crippen LogP contribution in [0.2, 0.25) is 0 Å². The molecular weight excluding hydrogens is 282 g/mol. The van der Waals surface area contributed by atoms with E-state index in [2.05, 4.69) is 25.8 Å². The van der Waals surface area contributed by atoms with Crippen LogP contribution in [0.1, 0.15) is 33.6 Å². The van der Waals surface area contributed by atoms with Gasteiger partial charge in [-0.1, -0.05) is 44.7 Å². The lowest BCUT2D eigenvalue weighted by atomic mass is 9.71. The third-order valence-electron chi connectivity index (χ3n) is 5.97. The molecule has 0 saturated heterocycles. The van der Waals surface area contributed by atoms with Crippen LogP contribution in [-0.2, 0) is 4.79 Å². The van der Waals surface area contributed by atoms with Gasteiger partial charge in [0.05, 0.1) is 5.25 Å². The topological polar surface area (TPSA) is 43.1 Å². The first kappa shape index (κ1) is 13.4. The summed E-state index contributed by atoms with van der Waals surface area (Å²) in [7, 11) is 0. The number of ketones is 1. The van der Waals surface area contributed by atoms with E-state index >= 15 is 0 Å². The summed E-state index contributed by atoms with van der Waals surface area (Å²) in [4.78, 5) is 17.2. The van der Waals surface area contributed by atoms with Crippen LogP contribution in [0.25, 0.3) is 11.1 Å². The summed E-state index contributed by atoms with van der Waals surface area (Å²) in [5, 5.41) is 0.596. The molecule has 3 atom stereocenters. The third kappa shape index (κ3) is 1.62. The molecule has 2 aromatic rings. The largest absolute Gasteiger partial charge is 0.431 e. The minimum atomic E-state index is -0.0284. The molecule has 2 fully saturated rings. The summed E-state index contributed by atoms with van der Waals surface area (Å²) in [6.07, 6.45) is 2.15. The number of para-hydroxylation sites is 2. The predicted octanol–water partition coefficient (Wildman–Crippen LogP) is 4.31. The van der Waals surface area contributed by atoms with E-state index in [4.69, 9.17) is 4.42 Å². The molecule has 1 aromatic heterocycles. The second-order valence-corrected chi connectivity index (χ2v) is 8.13. The second kappa shape index (κ2) is 4.13. The number of nitrogens with zero attached hydrogens (tertiary/aromatic N) is 1. The quantitative estimate of drug-likeness (QED) is 0.829. The minimum Gasteiger partial charge on any atom is -0.431 e. The van der Waals surface area contributed by atoms with Crippen LogP contribution in [0.3, 0.4) is 0 Å². The Balaban J connectivity index is 1.70. The number of hydrogen-bond acceptors (Lipinski definition) is 4. The Morgan fingerprint density at radius 3 is 2.71 bits per heavy atom. The fraction of sp³-hybridized carbons (Fsp3) is 0.529. The summed E-state index contributed by atoms with van der Waals surface area (Å²) in [5.41, 5.74) is 1.77. The van der Waals surface area contributed by atoms with Gasteiger partial charge in [0, 0.05) is 5.92 Å². The molecule has 0 spiro atoms. The Morgan fingerprint density at radius 2 is 2.05 bits per heavy atom. The highest BCUT2D eigenvalue weighted by atomic mass is 32.2. The molecule has 4 heteroatoms. The van der Waals surface area contributed by atoms with E-state index in [0.717, 1.165) is 23.9 Å². The first-order valence-corrected chi connectivity index (χ1v) is 8.37. The summed E-state index contributed by atoms with van der Waals surface area (Å²) < 4.78 is 5.80. The van der Waals surface area contributed by atoms with Crippen molar-refractivity contribution in [1.29, 1.82) is 0 Å².